The van der Waals surface area contributed by atoms with Gasteiger partial charge in [0.15, 0.2) is 0 Å². The van der Waals surface area contributed by atoms with Crippen LogP contribution in [0.2, 0.25) is 0 Å². The van der Waals surface area contributed by atoms with Crippen LogP contribution in [0.4, 0.5) is 0 Å². The zero-order valence-corrected chi connectivity index (χ0v) is 13.9. The van der Waals surface area contributed by atoms with Gasteiger partial charge in [-0.15, -0.1) is 0 Å². The van der Waals surface area contributed by atoms with Crippen molar-refractivity contribution in [3.8, 4) is 0 Å². The first-order chi connectivity index (χ1) is 10.0. The average molecular weight is 350 g/mol. The highest BCUT2D eigenvalue weighted by Crippen LogP contribution is 2.62. The summed E-state index contributed by atoms with van der Waals surface area (Å²) >= 11 is 3.66. The van der Waals surface area contributed by atoms with Crippen molar-refractivity contribution in [2.24, 2.45) is 37.6 Å². The highest BCUT2D eigenvalue weighted by Gasteiger charge is 2.55. The number of aromatic nitrogens is 2. The summed E-state index contributed by atoms with van der Waals surface area (Å²) < 4.78 is 4.40. The molecule has 0 spiro atoms. The molecular weight excluding hydrogens is 330 g/mol. The molecule has 0 radical (unpaired) electrons. The minimum atomic E-state index is 0.00547. The maximum absolute atomic E-state index is 12.1. The molecule has 1 aromatic heterocycles. The summed E-state index contributed by atoms with van der Waals surface area (Å²) in [4.78, 5) is 12.1. The van der Waals surface area contributed by atoms with Gasteiger partial charge in [-0.25, -0.2) is 4.79 Å². The molecule has 5 heteroatoms. The smallest absolute Gasteiger partial charge is 0.324 e. The number of benzene rings is 1. The fourth-order valence-corrected chi connectivity index (χ4v) is 5.00. The third kappa shape index (κ3) is 1.80. The number of hydrogen-bond acceptors (Lipinski definition) is 2. The number of hydrogen-bond donors (Lipinski definition) is 1. The first kappa shape index (κ1) is 13.6. The number of fused-ring (bicyclic) bond motifs is 2. The van der Waals surface area contributed by atoms with Crippen molar-refractivity contribution in [1.29, 1.82) is 0 Å². The molecular formula is C16H20BrN3O. The lowest BCUT2D eigenvalue weighted by atomic mass is 9.97. The fourth-order valence-electron chi connectivity index (χ4n) is 4.41. The van der Waals surface area contributed by atoms with Gasteiger partial charge in [-0.2, -0.15) is 0 Å². The van der Waals surface area contributed by atoms with E-state index < -0.39 is 0 Å². The van der Waals surface area contributed by atoms with Gasteiger partial charge in [0.05, 0.1) is 11.0 Å². The van der Waals surface area contributed by atoms with E-state index in [-0.39, 0.29) is 11.7 Å². The monoisotopic (exact) mass is 349 g/mol. The van der Waals surface area contributed by atoms with Crippen LogP contribution in [-0.4, -0.2) is 9.13 Å². The van der Waals surface area contributed by atoms with Gasteiger partial charge in [0.25, 0.3) is 0 Å². The van der Waals surface area contributed by atoms with Crippen molar-refractivity contribution in [1.82, 2.24) is 9.13 Å². The summed E-state index contributed by atoms with van der Waals surface area (Å²) in [7, 11) is 3.63. The molecule has 2 aromatic rings. The molecule has 0 bridgehead atoms. The third-order valence-corrected chi connectivity index (χ3v) is 6.32. The van der Waals surface area contributed by atoms with Crippen LogP contribution >= 0.6 is 15.9 Å². The summed E-state index contributed by atoms with van der Waals surface area (Å²) in [6.07, 6.45) is 4.05. The van der Waals surface area contributed by atoms with E-state index in [0.717, 1.165) is 32.9 Å². The van der Waals surface area contributed by atoms with Crippen LogP contribution in [0.25, 0.3) is 11.0 Å². The molecule has 2 N–H and O–H groups in total. The van der Waals surface area contributed by atoms with Crippen LogP contribution in [0, 0.1) is 17.8 Å². The van der Waals surface area contributed by atoms with Crippen molar-refractivity contribution in [2.75, 3.05) is 0 Å². The Morgan fingerprint density at radius 1 is 1.19 bits per heavy atom. The van der Waals surface area contributed by atoms with E-state index in [1.54, 1.807) is 9.13 Å². The average Bonchev–Trinajstić information content (AvgIpc) is 2.87. The van der Waals surface area contributed by atoms with E-state index >= 15 is 0 Å². The van der Waals surface area contributed by atoms with Gasteiger partial charge in [-0.3, -0.25) is 9.13 Å². The van der Waals surface area contributed by atoms with Crippen molar-refractivity contribution in [3.63, 3.8) is 0 Å². The normalized spacial score (nSPS) is 28.9. The first-order valence-corrected chi connectivity index (χ1v) is 8.40. The second-order valence-electron chi connectivity index (χ2n) is 6.62. The summed E-state index contributed by atoms with van der Waals surface area (Å²) in [6.45, 7) is 0. The van der Waals surface area contributed by atoms with Crippen LogP contribution in [-0.2, 0) is 14.1 Å². The van der Waals surface area contributed by atoms with Crippen molar-refractivity contribution >= 4 is 27.0 Å². The Morgan fingerprint density at radius 2 is 1.76 bits per heavy atom. The SMILES string of the molecule is Cn1c(=O)n(C)c2cc(C(N)C3C4CCCC43)c(Br)cc21. The van der Waals surface area contributed by atoms with Gasteiger partial charge in [-0.1, -0.05) is 22.4 Å². The standard InChI is InChI=1S/C16H20BrN3O/c1-19-12-6-10(11(17)7-13(12)20(2)16(19)21)15(18)14-8-4-3-5-9(8)14/h6-9,14-15H,3-5,18H2,1-2H3. The third-order valence-electron chi connectivity index (χ3n) is 5.64. The summed E-state index contributed by atoms with van der Waals surface area (Å²) in [5.41, 5.74) is 9.61. The molecule has 2 fully saturated rings. The van der Waals surface area contributed by atoms with E-state index in [4.69, 9.17) is 5.73 Å². The van der Waals surface area contributed by atoms with Gasteiger partial charge in [0.2, 0.25) is 0 Å². The predicted octanol–water partition coefficient (Wildman–Crippen LogP) is 2.69. The molecule has 1 heterocycles. The van der Waals surface area contributed by atoms with Gasteiger partial charge in [0, 0.05) is 24.6 Å². The lowest BCUT2D eigenvalue weighted by molar-refractivity contribution is 0.501. The topological polar surface area (TPSA) is 53.0 Å². The second kappa shape index (κ2) is 4.46. The number of rotatable bonds is 2. The van der Waals surface area contributed by atoms with Crippen LogP contribution < -0.4 is 11.4 Å². The van der Waals surface area contributed by atoms with Gasteiger partial charge >= 0.3 is 5.69 Å². The van der Waals surface area contributed by atoms with E-state index in [9.17, 15) is 4.79 Å². The molecule has 3 unspecified atom stereocenters. The van der Waals surface area contributed by atoms with Crippen LogP contribution in [0.5, 0.6) is 0 Å². The quantitative estimate of drug-likeness (QED) is 0.905. The fraction of sp³-hybridized carbons (Fsp3) is 0.562. The maximum Gasteiger partial charge on any atom is 0.328 e. The summed E-state index contributed by atoms with van der Waals surface area (Å²) in [5, 5.41) is 0. The van der Waals surface area contributed by atoms with E-state index in [1.807, 2.05) is 20.2 Å². The molecule has 4 nitrogen and oxygen atoms in total. The lowest BCUT2D eigenvalue weighted by Crippen LogP contribution is -2.19. The van der Waals surface area contributed by atoms with Crippen molar-refractivity contribution in [3.05, 3.63) is 32.7 Å². The molecule has 0 saturated heterocycles. The largest absolute Gasteiger partial charge is 0.328 e. The maximum atomic E-state index is 12.1. The molecule has 0 amide bonds. The predicted molar refractivity (Wildman–Crippen MR) is 87.1 cm³/mol. The molecule has 4 rings (SSSR count). The first-order valence-electron chi connectivity index (χ1n) is 7.61. The number of imidazole rings is 1. The van der Waals surface area contributed by atoms with E-state index in [2.05, 4.69) is 22.0 Å². The molecule has 2 aliphatic rings. The number of aryl methyl sites for hydroxylation is 2. The van der Waals surface area contributed by atoms with Crippen LogP contribution in [0.3, 0.4) is 0 Å². The Balaban J connectivity index is 1.80. The van der Waals surface area contributed by atoms with E-state index in [0.29, 0.717) is 5.92 Å². The zero-order valence-electron chi connectivity index (χ0n) is 12.3. The van der Waals surface area contributed by atoms with Crippen molar-refractivity contribution in [2.45, 2.75) is 25.3 Å². The molecule has 2 aliphatic carbocycles. The van der Waals surface area contributed by atoms with Gasteiger partial charge in [-0.05, 0) is 48.3 Å². The van der Waals surface area contributed by atoms with Crippen molar-refractivity contribution < 1.29 is 0 Å². The minimum Gasteiger partial charge on any atom is -0.324 e. The highest BCUT2D eigenvalue weighted by atomic mass is 79.9. The molecule has 21 heavy (non-hydrogen) atoms. The van der Waals surface area contributed by atoms with Crippen LogP contribution in [0.1, 0.15) is 30.9 Å². The Hall–Kier alpha value is -1.07. The minimum absolute atomic E-state index is 0.00547. The number of nitrogens with two attached hydrogens (primary N) is 1. The molecule has 0 aliphatic heterocycles. The molecule has 3 atom stereocenters. The molecule has 1 aromatic carbocycles. The molecule has 2 saturated carbocycles. The number of nitrogens with zero attached hydrogens (tertiary/aromatic N) is 2. The van der Waals surface area contributed by atoms with Gasteiger partial charge < -0.3 is 5.73 Å². The second-order valence-corrected chi connectivity index (χ2v) is 7.48. The summed E-state index contributed by atoms with van der Waals surface area (Å²) in [5.74, 6) is 2.30. The number of halogens is 1. The summed E-state index contributed by atoms with van der Waals surface area (Å²) in [6, 6.07) is 4.21. The zero-order chi connectivity index (χ0) is 14.9. The Morgan fingerprint density at radius 3 is 2.38 bits per heavy atom. The Kier molecular flexibility index (Phi) is 2.89. The van der Waals surface area contributed by atoms with Crippen LogP contribution in [0.15, 0.2) is 21.4 Å². The van der Waals surface area contributed by atoms with Gasteiger partial charge in [0.1, 0.15) is 0 Å². The Bertz CT molecular complexity index is 781. The highest BCUT2D eigenvalue weighted by molar-refractivity contribution is 9.10. The lowest BCUT2D eigenvalue weighted by Gasteiger charge is -2.16. The Labute approximate surface area is 132 Å². The van der Waals surface area contributed by atoms with E-state index in [1.165, 1.54) is 19.3 Å². The molecule has 112 valence electrons.